The number of hydrogen-bond acceptors (Lipinski definition) is 4. The van der Waals surface area contributed by atoms with Crippen molar-refractivity contribution in [2.24, 2.45) is 0 Å². The lowest BCUT2D eigenvalue weighted by molar-refractivity contribution is -0.147. The third kappa shape index (κ3) is 4.67. The number of nitrogens with zero attached hydrogens (tertiary/aromatic N) is 3. The second-order valence-electron chi connectivity index (χ2n) is 5.47. The standard InChI is InChI=1S/C17H21N3O3/c1-13-8-18-20(9-13)11-16(21)19(12-17(22)23-3)10-15-7-5-4-6-14(15)2/h4-9H,10-12H2,1-3H3. The second-order valence-corrected chi connectivity index (χ2v) is 5.47. The fraction of sp³-hybridized carbons (Fsp3) is 0.353. The summed E-state index contributed by atoms with van der Waals surface area (Å²) in [6.45, 7) is 4.27. The Balaban J connectivity index is 2.14. The molecule has 0 aliphatic carbocycles. The van der Waals surface area contributed by atoms with E-state index in [0.29, 0.717) is 6.54 Å². The fourth-order valence-corrected chi connectivity index (χ4v) is 2.24. The molecule has 0 unspecified atom stereocenters. The summed E-state index contributed by atoms with van der Waals surface area (Å²) in [6.07, 6.45) is 3.49. The average Bonchev–Trinajstić information content (AvgIpc) is 2.93. The van der Waals surface area contributed by atoms with Crippen molar-refractivity contribution < 1.29 is 14.3 Å². The van der Waals surface area contributed by atoms with E-state index in [1.807, 2.05) is 38.1 Å². The molecular weight excluding hydrogens is 294 g/mol. The average molecular weight is 315 g/mol. The van der Waals surface area contributed by atoms with E-state index < -0.39 is 5.97 Å². The lowest BCUT2D eigenvalue weighted by Crippen LogP contribution is -2.38. The van der Waals surface area contributed by atoms with Gasteiger partial charge in [0.25, 0.3) is 0 Å². The van der Waals surface area contributed by atoms with Crippen LogP contribution >= 0.6 is 0 Å². The van der Waals surface area contributed by atoms with Gasteiger partial charge in [0.1, 0.15) is 13.1 Å². The molecule has 0 fully saturated rings. The number of ether oxygens (including phenoxy) is 1. The van der Waals surface area contributed by atoms with Crippen LogP contribution in [0, 0.1) is 13.8 Å². The lowest BCUT2D eigenvalue weighted by atomic mass is 10.1. The Morgan fingerprint density at radius 2 is 2.00 bits per heavy atom. The van der Waals surface area contributed by atoms with Crippen molar-refractivity contribution in [3.63, 3.8) is 0 Å². The van der Waals surface area contributed by atoms with E-state index in [0.717, 1.165) is 16.7 Å². The third-order valence-corrected chi connectivity index (χ3v) is 3.58. The highest BCUT2D eigenvalue weighted by Crippen LogP contribution is 2.11. The number of methoxy groups -OCH3 is 1. The van der Waals surface area contributed by atoms with Crippen molar-refractivity contribution in [1.29, 1.82) is 0 Å². The van der Waals surface area contributed by atoms with E-state index in [2.05, 4.69) is 5.10 Å². The Labute approximate surface area is 135 Å². The van der Waals surface area contributed by atoms with E-state index in [-0.39, 0.29) is 19.0 Å². The van der Waals surface area contributed by atoms with Crippen LogP contribution in [0.3, 0.4) is 0 Å². The van der Waals surface area contributed by atoms with Gasteiger partial charge in [0.15, 0.2) is 0 Å². The molecule has 1 aromatic carbocycles. The summed E-state index contributed by atoms with van der Waals surface area (Å²) in [4.78, 5) is 25.7. The maximum Gasteiger partial charge on any atom is 0.325 e. The van der Waals surface area contributed by atoms with Gasteiger partial charge in [-0.15, -0.1) is 0 Å². The molecule has 2 rings (SSSR count). The van der Waals surface area contributed by atoms with E-state index in [1.54, 1.807) is 17.1 Å². The topological polar surface area (TPSA) is 64.4 Å². The van der Waals surface area contributed by atoms with Crippen LogP contribution in [0.2, 0.25) is 0 Å². The Bertz CT molecular complexity index is 694. The van der Waals surface area contributed by atoms with E-state index in [9.17, 15) is 9.59 Å². The SMILES string of the molecule is COC(=O)CN(Cc1ccccc1C)C(=O)Cn1cc(C)cn1. The predicted octanol–water partition coefficient (Wildman–Crippen LogP) is 1.70. The minimum atomic E-state index is -0.441. The van der Waals surface area contributed by atoms with Gasteiger partial charge >= 0.3 is 5.97 Å². The maximum absolute atomic E-state index is 12.5. The summed E-state index contributed by atoms with van der Waals surface area (Å²) in [5.41, 5.74) is 3.06. The molecule has 2 aromatic rings. The molecule has 0 saturated heterocycles. The first-order valence-electron chi connectivity index (χ1n) is 7.37. The highest BCUT2D eigenvalue weighted by molar-refractivity contribution is 5.81. The van der Waals surface area contributed by atoms with Crippen molar-refractivity contribution >= 4 is 11.9 Å². The first-order valence-corrected chi connectivity index (χ1v) is 7.37. The van der Waals surface area contributed by atoms with Crippen LogP contribution in [0.25, 0.3) is 0 Å². The first kappa shape index (κ1) is 16.7. The van der Waals surface area contributed by atoms with Crippen LogP contribution < -0.4 is 0 Å². The van der Waals surface area contributed by atoms with Crippen LogP contribution in [-0.4, -0.2) is 40.2 Å². The van der Waals surface area contributed by atoms with Gasteiger partial charge in [-0.1, -0.05) is 24.3 Å². The zero-order valence-electron chi connectivity index (χ0n) is 13.7. The number of aryl methyl sites for hydroxylation is 2. The molecule has 1 heterocycles. The smallest absolute Gasteiger partial charge is 0.325 e. The van der Waals surface area contributed by atoms with E-state index >= 15 is 0 Å². The molecule has 122 valence electrons. The highest BCUT2D eigenvalue weighted by Gasteiger charge is 2.19. The normalized spacial score (nSPS) is 10.4. The summed E-state index contributed by atoms with van der Waals surface area (Å²) in [5, 5.41) is 4.12. The summed E-state index contributed by atoms with van der Waals surface area (Å²) in [6, 6.07) is 7.79. The zero-order valence-corrected chi connectivity index (χ0v) is 13.7. The quantitative estimate of drug-likeness (QED) is 0.761. The minimum absolute atomic E-state index is 0.0794. The zero-order chi connectivity index (χ0) is 16.8. The molecule has 0 atom stereocenters. The minimum Gasteiger partial charge on any atom is -0.468 e. The number of rotatable bonds is 6. The molecule has 6 nitrogen and oxygen atoms in total. The Kier molecular flexibility index (Phi) is 5.51. The highest BCUT2D eigenvalue weighted by atomic mass is 16.5. The maximum atomic E-state index is 12.5. The number of amides is 1. The van der Waals surface area contributed by atoms with Gasteiger partial charge in [0, 0.05) is 12.7 Å². The largest absolute Gasteiger partial charge is 0.468 e. The van der Waals surface area contributed by atoms with Gasteiger partial charge in [0.2, 0.25) is 5.91 Å². The van der Waals surface area contributed by atoms with Crippen LogP contribution in [0.5, 0.6) is 0 Å². The van der Waals surface area contributed by atoms with Crippen LogP contribution in [0.1, 0.15) is 16.7 Å². The van der Waals surface area contributed by atoms with Crippen molar-refractivity contribution in [3.8, 4) is 0 Å². The van der Waals surface area contributed by atoms with E-state index in [4.69, 9.17) is 4.74 Å². The van der Waals surface area contributed by atoms with Crippen LogP contribution in [0.15, 0.2) is 36.7 Å². The molecule has 23 heavy (non-hydrogen) atoms. The summed E-state index contributed by atoms with van der Waals surface area (Å²) in [5.74, 6) is -0.620. The predicted molar refractivity (Wildman–Crippen MR) is 85.6 cm³/mol. The molecule has 6 heteroatoms. The molecule has 0 spiro atoms. The molecule has 0 N–H and O–H groups in total. The van der Waals surface area contributed by atoms with Gasteiger partial charge in [-0.3, -0.25) is 14.3 Å². The Hall–Kier alpha value is -2.63. The van der Waals surface area contributed by atoms with Gasteiger partial charge in [-0.25, -0.2) is 0 Å². The van der Waals surface area contributed by atoms with Crippen LogP contribution in [-0.2, 0) is 27.4 Å². The fourth-order valence-electron chi connectivity index (χ4n) is 2.24. The third-order valence-electron chi connectivity index (χ3n) is 3.58. The number of esters is 1. The molecule has 0 aliphatic heterocycles. The molecule has 0 radical (unpaired) electrons. The molecule has 0 aliphatic rings. The molecule has 0 bridgehead atoms. The number of hydrogen-bond donors (Lipinski definition) is 0. The molecule has 1 amide bonds. The Morgan fingerprint density at radius 1 is 1.26 bits per heavy atom. The first-order chi connectivity index (χ1) is 11.0. The van der Waals surface area contributed by atoms with E-state index in [1.165, 1.54) is 12.0 Å². The van der Waals surface area contributed by atoms with Crippen molar-refractivity contribution in [3.05, 3.63) is 53.3 Å². The summed E-state index contributed by atoms with van der Waals surface area (Å²) in [7, 11) is 1.32. The van der Waals surface area contributed by atoms with Crippen LogP contribution in [0.4, 0.5) is 0 Å². The van der Waals surface area contributed by atoms with Crippen molar-refractivity contribution in [2.75, 3.05) is 13.7 Å². The summed E-state index contributed by atoms with van der Waals surface area (Å²) < 4.78 is 6.27. The van der Waals surface area contributed by atoms with Crippen molar-refractivity contribution in [1.82, 2.24) is 14.7 Å². The molecule has 1 aromatic heterocycles. The number of carbonyl (C=O) groups excluding carboxylic acids is 2. The van der Waals surface area contributed by atoms with Gasteiger partial charge in [-0.05, 0) is 30.5 Å². The van der Waals surface area contributed by atoms with Gasteiger partial charge in [-0.2, -0.15) is 5.10 Å². The Morgan fingerprint density at radius 3 is 2.61 bits per heavy atom. The second kappa shape index (κ2) is 7.58. The number of benzene rings is 1. The summed E-state index contributed by atoms with van der Waals surface area (Å²) >= 11 is 0. The van der Waals surface area contributed by atoms with Gasteiger partial charge < -0.3 is 9.64 Å². The lowest BCUT2D eigenvalue weighted by Gasteiger charge is -2.22. The van der Waals surface area contributed by atoms with Gasteiger partial charge in [0.05, 0.1) is 13.3 Å². The number of aromatic nitrogens is 2. The molecule has 0 saturated carbocycles. The molecular formula is C17H21N3O3. The number of carbonyl (C=O) groups is 2. The monoisotopic (exact) mass is 315 g/mol. The van der Waals surface area contributed by atoms with Crippen molar-refractivity contribution in [2.45, 2.75) is 26.9 Å².